The summed E-state index contributed by atoms with van der Waals surface area (Å²) in [4.78, 5) is 14.4. The predicted molar refractivity (Wildman–Crippen MR) is 78.4 cm³/mol. The average molecular weight is 277 g/mol. The SMILES string of the molecule is CCOc1ccc(C(=O)CN(C)C2CCOC2C)cc1. The largest absolute Gasteiger partial charge is 0.494 e. The molecule has 2 atom stereocenters. The van der Waals surface area contributed by atoms with E-state index in [-0.39, 0.29) is 11.9 Å². The van der Waals surface area contributed by atoms with Crippen LogP contribution in [0.15, 0.2) is 24.3 Å². The fraction of sp³-hybridized carbons (Fsp3) is 0.562. The van der Waals surface area contributed by atoms with Crippen molar-refractivity contribution in [1.29, 1.82) is 0 Å². The first-order valence-corrected chi connectivity index (χ1v) is 7.19. The van der Waals surface area contributed by atoms with Gasteiger partial charge in [-0.15, -0.1) is 0 Å². The predicted octanol–water partition coefficient (Wildman–Crippen LogP) is 2.38. The summed E-state index contributed by atoms with van der Waals surface area (Å²) in [6, 6.07) is 7.68. The van der Waals surface area contributed by atoms with Gasteiger partial charge >= 0.3 is 0 Å². The maximum atomic E-state index is 12.3. The van der Waals surface area contributed by atoms with Crippen LogP contribution in [0.1, 0.15) is 30.6 Å². The second-order valence-corrected chi connectivity index (χ2v) is 5.23. The van der Waals surface area contributed by atoms with Gasteiger partial charge in [0.2, 0.25) is 0 Å². The highest BCUT2D eigenvalue weighted by Crippen LogP contribution is 2.19. The number of hydrogen-bond donors (Lipinski definition) is 0. The third-order valence-electron chi connectivity index (χ3n) is 3.78. The van der Waals surface area contributed by atoms with E-state index in [9.17, 15) is 4.79 Å². The van der Waals surface area contributed by atoms with E-state index < -0.39 is 0 Å². The van der Waals surface area contributed by atoms with Crippen molar-refractivity contribution in [2.24, 2.45) is 0 Å². The van der Waals surface area contributed by atoms with Crippen LogP contribution in [0.4, 0.5) is 0 Å². The van der Waals surface area contributed by atoms with Gasteiger partial charge in [0.05, 0.1) is 19.3 Å². The van der Waals surface area contributed by atoms with Crippen LogP contribution in [0, 0.1) is 0 Å². The van der Waals surface area contributed by atoms with E-state index in [1.54, 1.807) is 0 Å². The lowest BCUT2D eigenvalue weighted by molar-refractivity contribution is 0.0745. The van der Waals surface area contributed by atoms with Crippen LogP contribution in [-0.2, 0) is 4.74 Å². The van der Waals surface area contributed by atoms with Crippen LogP contribution >= 0.6 is 0 Å². The molecule has 0 amide bonds. The van der Waals surface area contributed by atoms with Crippen LogP contribution in [0.25, 0.3) is 0 Å². The lowest BCUT2D eigenvalue weighted by atomic mass is 10.1. The van der Waals surface area contributed by atoms with Gasteiger partial charge in [-0.2, -0.15) is 0 Å². The molecule has 0 N–H and O–H groups in total. The number of nitrogens with zero attached hydrogens (tertiary/aromatic N) is 1. The summed E-state index contributed by atoms with van der Waals surface area (Å²) in [6.45, 7) is 5.85. The standard InChI is InChI=1S/C16H23NO3/c1-4-19-14-7-5-13(6-8-14)16(18)11-17(3)15-9-10-20-12(15)2/h5-8,12,15H,4,9-11H2,1-3H3. The number of benzene rings is 1. The number of hydrogen-bond acceptors (Lipinski definition) is 4. The fourth-order valence-corrected chi connectivity index (χ4v) is 2.64. The number of carbonyl (C=O) groups is 1. The van der Waals surface area contributed by atoms with Gasteiger partial charge in [0.15, 0.2) is 5.78 Å². The summed E-state index contributed by atoms with van der Waals surface area (Å²) in [5.74, 6) is 0.935. The number of carbonyl (C=O) groups excluding carboxylic acids is 1. The molecule has 0 radical (unpaired) electrons. The Bertz CT molecular complexity index is 444. The van der Waals surface area contributed by atoms with Crippen molar-refractivity contribution in [3.05, 3.63) is 29.8 Å². The van der Waals surface area contributed by atoms with Gasteiger partial charge in [0.25, 0.3) is 0 Å². The molecule has 1 fully saturated rings. The quantitative estimate of drug-likeness (QED) is 0.748. The molecule has 1 saturated heterocycles. The van der Waals surface area contributed by atoms with E-state index in [2.05, 4.69) is 11.8 Å². The third-order valence-corrected chi connectivity index (χ3v) is 3.78. The van der Waals surface area contributed by atoms with Crippen molar-refractivity contribution in [1.82, 2.24) is 4.90 Å². The molecule has 1 aliphatic heterocycles. The molecule has 20 heavy (non-hydrogen) atoms. The van der Waals surface area contributed by atoms with Crippen molar-refractivity contribution in [2.45, 2.75) is 32.4 Å². The van der Waals surface area contributed by atoms with Crippen LogP contribution in [0.2, 0.25) is 0 Å². The molecule has 1 aliphatic rings. The molecule has 0 saturated carbocycles. The highest BCUT2D eigenvalue weighted by atomic mass is 16.5. The van der Waals surface area contributed by atoms with E-state index in [0.717, 1.165) is 24.3 Å². The smallest absolute Gasteiger partial charge is 0.176 e. The zero-order chi connectivity index (χ0) is 14.5. The molecule has 2 unspecified atom stereocenters. The molecule has 110 valence electrons. The van der Waals surface area contributed by atoms with Crippen molar-refractivity contribution in [2.75, 3.05) is 26.8 Å². The van der Waals surface area contributed by atoms with Crippen LogP contribution in [-0.4, -0.2) is 49.6 Å². The first kappa shape index (κ1) is 15.0. The second kappa shape index (κ2) is 6.86. The van der Waals surface area contributed by atoms with E-state index in [4.69, 9.17) is 9.47 Å². The van der Waals surface area contributed by atoms with Gasteiger partial charge in [-0.3, -0.25) is 9.69 Å². The molecule has 0 bridgehead atoms. The summed E-state index contributed by atoms with van der Waals surface area (Å²) in [5, 5.41) is 0. The molecule has 4 nitrogen and oxygen atoms in total. The summed E-state index contributed by atoms with van der Waals surface area (Å²) in [6.07, 6.45) is 1.20. The minimum absolute atomic E-state index is 0.134. The van der Waals surface area contributed by atoms with Crippen molar-refractivity contribution < 1.29 is 14.3 Å². The monoisotopic (exact) mass is 277 g/mol. The Morgan fingerprint density at radius 1 is 1.40 bits per heavy atom. The number of rotatable bonds is 6. The van der Waals surface area contributed by atoms with E-state index >= 15 is 0 Å². The molecule has 0 spiro atoms. The molecular weight excluding hydrogens is 254 g/mol. The summed E-state index contributed by atoms with van der Waals surface area (Å²) in [5.41, 5.74) is 0.729. The molecule has 1 aromatic carbocycles. The van der Waals surface area contributed by atoms with Gasteiger partial charge in [0.1, 0.15) is 5.75 Å². The molecular formula is C16H23NO3. The van der Waals surface area contributed by atoms with Crippen molar-refractivity contribution in [3.8, 4) is 5.75 Å². The molecule has 0 aliphatic carbocycles. The zero-order valence-corrected chi connectivity index (χ0v) is 12.5. The Morgan fingerprint density at radius 3 is 2.65 bits per heavy atom. The normalized spacial score (nSPS) is 22.2. The summed E-state index contributed by atoms with van der Waals surface area (Å²) >= 11 is 0. The number of ether oxygens (including phenoxy) is 2. The highest BCUT2D eigenvalue weighted by molar-refractivity contribution is 5.97. The number of ketones is 1. The number of likely N-dealkylation sites (N-methyl/N-ethyl adjacent to an activating group) is 1. The zero-order valence-electron chi connectivity index (χ0n) is 12.5. The van der Waals surface area contributed by atoms with Crippen molar-refractivity contribution in [3.63, 3.8) is 0 Å². The molecule has 2 rings (SSSR count). The molecule has 1 heterocycles. The van der Waals surface area contributed by atoms with Gasteiger partial charge in [0, 0.05) is 18.2 Å². The molecule has 1 aromatic rings. The van der Waals surface area contributed by atoms with Crippen molar-refractivity contribution >= 4 is 5.78 Å². The first-order chi connectivity index (χ1) is 9.61. The maximum absolute atomic E-state index is 12.3. The minimum atomic E-state index is 0.134. The number of Topliss-reactive ketones (excluding diaryl/α,β-unsaturated/α-hetero) is 1. The summed E-state index contributed by atoms with van der Waals surface area (Å²) < 4.78 is 10.9. The topological polar surface area (TPSA) is 38.8 Å². The Balaban J connectivity index is 1.93. The third kappa shape index (κ3) is 3.58. The van der Waals surface area contributed by atoms with E-state index in [1.165, 1.54) is 0 Å². The molecule has 0 aromatic heterocycles. The van der Waals surface area contributed by atoms with Crippen LogP contribution < -0.4 is 4.74 Å². The first-order valence-electron chi connectivity index (χ1n) is 7.19. The van der Waals surface area contributed by atoms with Gasteiger partial charge < -0.3 is 9.47 Å². The second-order valence-electron chi connectivity index (χ2n) is 5.23. The van der Waals surface area contributed by atoms with Gasteiger partial charge in [-0.1, -0.05) is 0 Å². The van der Waals surface area contributed by atoms with Crippen LogP contribution in [0.3, 0.4) is 0 Å². The highest BCUT2D eigenvalue weighted by Gasteiger charge is 2.28. The Labute approximate surface area is 120 Å². The fourth-order valence-electron chi connectivity index (χ4n) is 2.64. The summed E-state index contributed by atoms with van der Waals surface area (Å²) in [7, 11) is 1.99. The van der Waals surface area contributed by atoms with Crippen LogP contribution in [0.5, 0.6) is 5.75 Å². The van der Waals surface area contributed by atoms with E-state index in [0.29, 0.717) is 19.2 Å². The van der Waals surface area contributed by atoms with Gasteiger partial charge in [-0.25, -0.2) is 0 Å². The minimum Gasteiger partial charge on any atom is -0.494 e. The Hall–Kier alpha value is -1.39. The lowest BCUT2D eigenvalue weighted by Crippen LogP contribution is -2.39. The maximum Gasteiger partial charge on any atom is 0.176 e. The Morgan fingerprint density at radius 2 is 2.10 bits per heavy atom. The lowest BCUT2D eigenvalue weighted by Gasteiger charge is -2.25. The van der Waals surface area contributed by atoms with Gasteiger partial charge in [-0.05, 0) is 51.6 Å². The van der Waals surface area contributed by atoms with E-state index in [1.807, 2.05) is 38.2 Å². The molecule has 4 heteroatoms. The average Bonchev–Trinajstić information content (AvgIpc) is 2.86. The Kier molecular flexibility index (Phi) is 5.15.